The standard InChI is InChI=1S/C36H69NO8/c1-6-8-10-12-14-16-18-20-22-24-26-33(38)43-30-32(31-44-36(35(40)41)42-29-28-37(3,4)5)45-34(39)27-25-23-21-19-17-15-13-11-9-7-2/h32,36H,6-31H2,1-5H3. The lowest BCUT2D eigenvalue weighted by Gasteiger charge is -2.26. The van der Waals surface area contributed by atoms with Crippen molar-refractivity contribution in [3.8, 4) is 0 Å². The Balaban J connectivity index is 4.57. The van der Waals surface area contributed by atoms with E-state index in [4.69, 9.17) is 18.9 Å². The molecule has 0 aliphatic heterocycles. The quantitative estimate of drug-likeness (QED) is 0.0329. The highest BCUT2D eigenvalue weighted by molar-refractivity contribution is 5.70. The van der Waals surface area contributed by atoms with Crippen LogP contribution < -0.4 is 5.11 Å². The van der Waals surface area contributed by atoms with Gasteiger partial charge in [0.15, 0.2) is 12.4 Å². The number of hydrogen-bond acceptors (Lipinski definition) is 8. The summed E-state index contributed by atoms with van der Waals surface area (Å²) >= 11 is 0. The van der Waals surface area contributed by atoms with Crippen LogP contribution in [0.1, 0.15) is 155 Å². The molecule has 0 aliphatic carbocycles. The number of rotatable bonds is 33. The van der Waals surface area contributed by atoms with E-state index >= 15 is 0 Å². The van der Waals surface area contributed by atoms with Crippen LogP contribution in [0.3, 0.4) is 0 Å². The molecule has 0 aliphatic rings. The first-order chi connectivity index (χ1) is 21.6. The monoisotopic (exact) mass is 644 g/mol. The molecule has 2 unspecified atom stereocenters. The molecule has 9 heteroatoms. The van der Waals surface area contributed by atoms with Gasteiger partial charge in [0.25, 0.3) is 0 Å². The Hall–Kier alpha value is -1.71. The number of quaternary nitrogens is 1. The third kappa shape index (κ3) is 30.7. The second-order valence-electron chi connectivity index (χ2n) is 13.5. The summed E-state index contributed by atoms with van der Waals surface area (Å²) in [6.45, 7) is 4.69. The van der Waals surface area contributed by atoms with Crippen LogP contribution in [0.25, 0.3) is 0 Å². The van der Waals surface area contributed by atoms with E-state index in [1.807, 2.05) is 21.1 Å². The van der Waals surface area contributed by atoms with Crippen molar-refractivity contribution >= 4 is 17.9 Å². The number of carbonyl (C=O) groups is 3. The number of hydrogen-bond donors (Lipinski definition) is 0. The van der Waals surface area contributed by atoms with Crippen molar-refractivity contribution in [2.24, 2.45) is 0 Å². The van der Waals surface area contributed by atoms with Crippen LogP contribution in [0, 0.1) is 0 Å². The third-order valence-electron chi connectivity index (χ3n) is 7.85. The molecule has 0 aromatic heterocycles. The molecule has 266 valence electrons. The lowest BCUT2D eigenvalue weighted by atomic mass is 10.1. The van der Waals surface area contributed by atoms with Gasteiger partial charge in [0.05, 0.1) is 40.3 Å². The molecule has 9 nitrogen and oxygen atoms in total. The normalized spacial score (nSPS) is 13.0. The number of nitrogens with zero attached hydrogens (tertiary/aromatic N) is 1. The van der Waals surface area contributed by atoms with Crippen LogP contribution in [-0.4, -0.2) is 82.3 Å². The number of ether oxygens (including phenoxy) is 4. The highest BCUT2D eigenvalue weighted by Gasteiger charge is 2.21. The molecule has 0 saturated heterocycles. The molecular weight excluding hydrogens is 574 g/mol. The molecular formula is C36H69NO8. The van der Waals surface area contributed by atoms with Gasteiger partial charge in [-0.1, -0.05) is 129 Å². The SMILES string of the molecule is CCCCCCCCCCCCC(=O)OCC(COC(OCC[N+](C)(C)C)C(=O)[O-])OC(=O)CCCCCCCCCCCC. The van der Waals surface area contributed by atoms with Crippen LogP contribution in [0.5, 0.6) is 0 Å². The second kappa shape index (κ2) is 29.7. The van der Waals surface area contributed by atoms with Crippen molar-refractivity contribution < 1.29 is 42.9 Å². The maximum absolute atomic E-state index is 12.6. The minimum Gasteiger partial charge on any atom is -0.545 e. The van der Waals surface area contributed by atoms with Crippen molar-refractivity contribution in [1.82, 2.24) is 0 Å². The van der Waals surface area contributed by atoms with E-state index in [-0.39, 0.29) is 32.2 Å². The molecule has 0 N–H and O–H groups in total. The average molecular weight is 644 g/mol. The van der Waals surface area contributed by atoms with Gasteiger partial charge in [-0.3, -0.25) is 9.59 Å². The molecule has 0 bridgehead atoms. The summed E-state index contributed by atoms with van der Waals surface area (Å²) in [6, 6.07) is 0. The van der Waals surface area contributed by atoms with Crippen LogP contribution in [0.4, 0.5) is 0 Å². The van der Waals surface area contributed by atoms with E-state index in [0.29, 0.717) is 17.4 Å². The van der Waals surface area contributed by atoms with E-state index in [1.165, 1.54) is 89.9 Å². The van der Waals surface area contributed by atoms with E-state index in [9.17, 15) is 19.5 Å². The number of esters is 2. The molecule has 2 atom stereocenters. The summed E-state index contributed by atoms with van der Waals surface area (Å²) in [7, 11) is 5.89. The fourth-order valence-corrected chi connectivity index (χ4v) is 4.95. The molecule has 0 aromatic carbocycles. The smallest absolute Gasteiger partial charge is 0.306 e. The largest absolute Gasteiger partial charge is 0.545 e. The summed E-state index contributed by atoms with van der Waals surface area (Å²) < 4.78 is 22.4. The van der Waals surface area contributed by atoms with Gasteiger partial charge in [-0.25, -0.2) is 0 Å². The van der Waals surface area contributed by atoms with E-state index in [0.717, 1.165) is 38.5 Å². The molecule has 45 heavy (non-hydrogen) atoms. The maximum atomic E-state index is 12.6. The topological polar surface area (TPSA) is 111 Å². The number of carboxylic acids is 1. The zero-order valence-electron chi connectivity index (χ0n) is 29.8. The Labute approximate surface area is 275 Å². The van der Waals surface area contributed by atoms with Gasteiger partial charge < -0.3 is 33.3 Å². The Kier molecular flexibility index (Phi) is 28.5. The van der Waals surface area contributed by atoms with Crippen molar-refractivity contribution in [1.29, 1.82) is 0 Å². The van der Waals surface area contributed by atoms with Gasteiger partial charge in [0.1, 0.15) is 13.2 Å². The van der Waals surface area contributed by atoms with Crippen molar-refractivity contribution in [2.45, 2.75) is 167 Å². The molecule has 0 radical (unpaired) electrons. The fourth-order valence-electron chi connectivity index (χ4n) is 4.95. The molecule has 0 rings (SSSR count). The van der Waals surface area contributed by atoms with E-state index < -0.39 is 24.3 Å². The van der Waals surface area contributed by atoms with Gasteiger partial charge >= 0.3 is 11.9 Å². The number of likely N-dealkylation sites (N-methyl/N-ethyl adjacent to an activating group) is 1. The Morgan fingerprint density at radius 3 is 1.42 bits per heavy atom. The highest BCUT2D eigenvalue weighted by atomic mass is 16.7. The van der Waals surface area contributed by atoms with Crippen LogP contribution in [0.15, 0.2) is 0 Å². The van der Waals surface area contributed by atoms with Crippen LogP contribution in [-0.2, 0) is 33.3 Å². The zero-order valence-corrected chi connectivity index (χ0v) is 29.8. The fraction of sp³-hybridized carbons (Fsp3) is 0.917. The lowest BCUT2D eigenvalue weighted by molar-refractivity contribution is -0.870. The first-order valence-electron chi connectivity index (χ1n) is 18.2. The minimum atomic E-state index is -1.61. The van der Waals surface area contributed by atoms with Gasteiger partial charge in [0.2, 0.25) is 0 Å². The van der Waals surface area contributed by atoms with Gasteiger partial charge in [-0.2, -0.15) is 0 Å². The molecule has 0 fully saturated rings. The highest BCUT2D eigenvalue weighted by Crippen LogP contribution is 2.14. The summed E-state index contributed by atoms with van der Waals surface area (Å²) in [5, 5.41) is 11.6. The van der Waals surface area contributed by atoms with Gasteiger partial charge in [-0.15, -0.1) is 0 Å². The Bertz CT molecular complexity index is 724. The number of carboxylic acid groups (broad SMARTS) is 1. The predicted octanol–water partition coefficient (Wildman–Crippen LogP) is 6.88. The predicted molar refractivity (Wildman–Crippen MR) is 177 cm³/mol. The van der Waals surface area contributed by atoms with Crippen molar-refractivity contribution in [3.05, 3.63) is 0 Å². The minimum absolute atomic E-state index is 0.152. The third-order valence-corrected chi connectivity index (χ3v) is 7.85. The second-order valence-corrected chi connectivity index (χ2v) is 13.5. The molecule has 0 saturated carbocycles. The van der Waals surface area contributed by atoms with Gasteiger partial charge in [0, 0.05) is 12.8 Å². The molecule has 0 spiro atoms. The summed E-state index contributed by atoms with van der Waals surface area (Å²) in [4.78, 5) is 36.6. The van der Waals surface area contributed by atoms with Crippen molar-refractivity contribution in [3.63, 3.8) is 0 Å². The van der Waals surface area contributed by atoms with E-state index in [2.05, 4.69) is 13.8 Å². The first-order valence-corrected chi connectivity index (χ1v) is 18.2. The zero-order chi connectivity index (χ0) is 33.6. The van der Waals surface area contributed by atoms with E-state index in [1.54, 1.807) is 0 Å². The number of aliphatic carboxylic acids is 1. The summed E-state index contributed by atoms with van der Waals surface area (Å²) in [5.74, 6) is -2.28. The first kappa shape index (κ1) is 43.3. The van der Waals surface area contributed by atoms with Gasteiger partial charge in [-0.05, 0) is 12.8 Å². The molecule has 0 heterocycles. The van der Waals surface area contributed by atoms with Crippen LogP contribution in [0.2, 0.25) is 0 Å². The average Bonchev–Trinajstić information content (AvgIpc) is 2.98. The van der Waals surface area contributed by atoms with Crippen molar-refractivity contribution in [2.75, 3.05) is 47.5 Å². The Morgan fingerprint density at radius 1 is 0.578 bits per heavy atom. The molecule has 0 aromatic rings. The number of carbonyl (C=O) groups excluding carboxylic acids is 3. The van der Waals surface area contributed by atoms with Crippen LogP contribution >= 0.6 is 0 Å². The Morgan fingerprint density at radius 2 is 1.00 bits per heavy atom. The summed E-state index contributed by atoms with van der Waals surface area (Å²) in [6.07, 6.45) is 21.4. The maximum Gasteiger partial charge on any atom is 0.306 e. The molecule has 0 amide bonds. The lowest BCUT2D eigenvalue weighted by Crippen LogP contribution is -2.44. The summed E-state index contributed by atoms with van der Waals surface area (Å²) in [5.41, 5.74) is 0. The number of unbranched alkanes of at least 4 members (excludes halogenated alkanes) is 18.